The van der Waals surface area contributed by atoms with Gasteiger partial charge in [0.25, 0.3) is 0 Å². The maximum absolute atomic E-state index is 11.6. The minimum atomic E-state index is -0.758. The fourth-order valence-electron chi connectivity index (χ4n) is 1.66. The molecule has 1 rings (SSSR count). The predicted molar refractivity (Wildman–Crippen MR) is 84.1 cm³/mol. The quantitative estimate of drug-likeness (QED) is 0.696. The van der Waals surface area contributed by atoms with Crippen LogP contribution < -0.4 is 5.32 Å². The van der Waals surface area contributed by atoms with Crippen LogP contribution in [0.4, 0.5) is 0 Å². The molecule has 4 nitrogen and oxygen atoms in total. The predicted octanol–water partition coefficient (Wildman–Crippen LogP) is 2.99. The Morgan fingerprint density at radius 3 is 2.90 bits per heavy atom. The highest BCUT2D eigenvalue weighted by Crippen LogP contribution is 2.16. The second-order valence-corrected chi connectivity index (χ2v) is 6.77. The van der Waals surface area contributed by atoms with E-state index in [-0.39, 0.29) is 12.3 Å². The van der Waals surface area contributed by atoms with E-state index in [1.807, 2.05) is 18.4 Å². The van der Waals surface area contributed by atoms with E-state index in [1.54, 1.807) is 23.1 Å². The largest absolute Gasteiger partial charge is 0.481 e. The first kappa shape index (κ1) is 17.0. The molecule has 0 aromatic carbocycles. The van der Waals surface area contributed by atoms with E-state index in [2.05, 4.69) is 11.4 Å². The maximum Gasteiger partial charge on any atom is 0.303 e. The summed E-state index contributed by atoms with van der Waals surface area (Å²) in [5.74, 6) is 0.967. The number of carboxylic acid groups (broad SMARTS) is 1. The lowest BCUT2D eigenvalue weighted by Crippen LogP contribution is -2.27. The normalized spacial score (nSPS) is 12.1. The average Bonchev–Trinajstić information content (AvgIpc) is 2.89. The zero-order valence-corrected chi connectivity index (χ0v) is 13.3. The van der Waals surface area contributed by atoms with E-state index in [9.17, 15) is 9.59 Å². The molecule has 0 spiro atoms. The lowest BCUT2D eigenvalue weighted by atomic mass is 10.0. The number of carbonyl (C=O) groups is 2. The maximum atomic E-state index is 11.6. The summed E-state index contributed by atoms with van der Waals surface area (Å²) >= 11 is 3.32. The van der Waals surface area contributed by atoms with Gasteiger partial charge in [-0.1, -0.05) is 13.0 Å². The molecule has 1 aromatic rings. The number of rotatable bonds is 10. The molecule has 0 saturated carbocycles. The summed E-state index contributed by atoms with van der Waals surface area (Å²) in [4.78, 5) is 23.3. The van der Waals surface area contributed by atoms with E-state index in [4.69, 9.17) is 5.11 Å². The number of carbonyl (C=O) groups excluding carboxylic acids is 1. The van der Waals surface area contributed by atoms with Crippen LogP contribution in [0.5, 0.6) is 0 Å². The summed E-state index contributed by atoms with van der Waals surface area (Å²) in [6.07, 6.45) is 1.69. The molecule has 0 aliphatic rings. The molecule has 6 heteroatoms. The second-order valence-electron chi connectivity index (χ2n) is 4.75. The summed E-state index contributed by atoms with van der Waals surface area (Å²) in [5.41, 5.74) is 0. The van der Waals surface area contributed by atoms with Crippen LogP contribution in [-0.2, 0) is 15.3 Å². The number of carboxylic acids is 1. The molecule has 1 atom stereocenters. The van der Waals surface area contributed by atoms with Gasteiger partial charge in [-0.15, -0.1) is 23.1 Å². The van der Waals surface area contributed by atoms with Crippen molar-refractivity contribution in [2.24, 2.45) is 5.92 Å². The first-order chi connectivity index (χ1) is 9.58. The van der Waals surface area contributed by atoms with Crippen LogP contribution in [-0.4, -0.2) is 29.3 Å². The Morgan fingerprint density at radius 1 is 1.45 bits per heavy atom. The van der Waals surface area contributed by atoms with Crippen molar-refractivity contribution in [3.63, 3.8) is 0 Å². The van der Waals surface area contributed by atoms with Crippen LogP contribution in [0, 0.1) is 5.92 Å². The fraction of sp³-hybridized carbons (Fsp3) is 0.571. The van der Waals surface area contributed by atoms with Crippen molar-refractivity contribution in [2.75, 3.05) is 12.3 Å². The molecule has 112 valence electrons. The molecule has 1 amide bonds. The molecular weight excluding hydrogens is 294 g/mol. The second kappa shape index (κ2) is 9.83. The Bertz CT molecular complexity index is 407. The van der Waals surface area contributed by atoms with Gasteiger partial charge in [-0.25, -0.2) is 0 Å². The minimum absolute atomic E-state index is 0.0528. The zero-order chi connectivity index (χ0) is 14.8. The summed E-state index contributed by atoms with van der Waals surface area (Å²) in [5, 5.41) is 13.5. The Labute approximate surface area is 128 Å². The van der Waals surface area contributed by atoms with Gasteiger partial charge in [-0.2, -0.15) is 0 Å². The Hall–Kier alpha value is -1.01. The van der Waals surface area contributed by atoms with Crippen molar-refractivity contribution < 1.29 is 14.7 Å². The number of hydrogen-bond acceptors (Lipinski definition) is 4. The van der Waals surface area contributed by atoms with Crippen molar-refractivity contribution >= 4 is 35.0 Å². The van der Waals surface area contributed by atoms with Crippen LogP contribution in [0.25, 0.3) is 0 Å². The molecule has 0 saturated heterocycles. The van der Waals surface area contributed by atoms with Crippen molar-refractivity contribution in [3.05, 3.63) is 22.4 Å². The number of nitrogens with one attached hydrogen (secondary N) is 1. The first-order valence-electron chi connectivity index (χ1n) is 6.66. The van der Waals surface area contributed by atoms with Crippen LogP contribution in [0.1, 0.15) is 31.1 Å². The lowest BCUT2D eigenvalue weighted by Gasteiger charge is -2.10. The minimum Gasteiger partial charge on any atom is -0.481 e. The third kappa shape index (κ3) is 8.22. The van der Waals surface area contributed by atoms with Gasteiger partial charge in [-0.05, 0) is 30.2 Å². The van der Waals surface area contributed by atoms with Gasteiger partial charge in [0.05, 0.1) is 5.75 Å². The standard InChI is InChI=1S/C14H21NO3S2/c1-11(4-5-14(17)18)6-7-15-13(16)10-19-9-12-3-2-8-20-12/h2-3,8,11H,4-7,9-10H2,1H3,(H,15,16)(H,17,18). The molecule has 0 fully saturated rings. The van der Waals surface area contributed by atoms with Crippen LogP contribution in [0.3, 0.4) is 0 Å². The molecule has 2 N–H and O–H groups in total. The molecule has 1 heterocycles. The molecule has 1 unspecified atom stereocenters. The highest BCUT2D eigenvalue weighted by atomic mass is 32.2. The number of aliphatic carboxylic acids is 1. The van der Waals surface area contributed by atoms with Crippen LogP contribution >= 0.6 is 23.1 Å². The lowest BCUT2D eigenvalue weighted by molar-refractivity contribution is -0.137. The molecule has 0 aliphatic carbocycles. The number of thiophene rings is 1. The van der Waals surface area contributed by atoms with Gasteiger partial charge in [0.2, 0.25) is 5.91 Å². The van der Waals surface area contributed by atoms with Gasteiger partial charge in [0.1, 0.15) is 0 Å². The van der Waals surface area contributed by atoms with E-state index in [0.29, 0.717) is 24.6 Å². The average molecular weight is 315 g/mol. The van der Waals surface area contributed by atoms with Gasteiger partial charge in [0.15, 0.2) is 0 Å². The smallest absolute Gasteiger partial charge is 0.303 e. The number of thioether (sulfide) groups is 1. The van der Waals surface area contributed by atoms with E-state index in [0.717, 1.165) is 12.2 Å². The monoisotopic (exact) mass is 315 g/mol. The Balaban J connectivity index is 2.00. The van der Waals surface area contributed by atoms with Crippen LogP contribution in [0.15, 0.2) is 17.5 Å². The first-order valence-corrected chi connectivity index (χ1v) is 8.70. The van der Waals surface area contributed by atoms with Crippen LogP contribution in [0.2, 0.25) is 0 Å². The van der Waals surface area contributed by atoms with Gasteiger partial charge in [0, 0.05) is 23.6 Å². The number of hydrogen-bond donors (Lipinski definition) is 2. The highest BCUT2D eigenvalue weighted by molar-refractivity contribution is 7.99. The van der Waals surface area contributed by atoms with E-state index in [1.165, 1.54) is 4.88 Å². The third-order valence-corrected chi connectivity index (χ3v) is 4.91. The summed E-state index contributed by atoms with van der Waals surface area (Å²) < 4.78 is 0. The van der Waals surface area contributed by atoms with Crippen molar-refractivity contribution in [2.45, 2.75) is 31.9 Å². The van der Waals surface area contributed by atoms with Gasteiger partial charge >= 0.3 is 5.97 Å². The fourth-order valence-corrected chi connectivity index (χ4v) is 3.36. The molecule has 20 heavy (non-hydrogen) atoms. The molecule has 1 aromatic heterocycles. The molecule has 0 radical (unpaired) electrons. The molecule has 0 aliphatic heterocycles. The van der Waals surface area contributed by atoms with Gasteiger partial charge < -0.3 is 10.4 Å². The third-order valence-electron chi connectivity index (χ3n) is 2.87. The van der Waals surface area contributed by atoms with Crippen molar-refractivity contribution in [1.29, 1.82) is 0 Å². The Kier molecular flexibility index (Phi) is 8.37. The van der Waals surface area contributed by atoms with Crippen molar-refractivity contribution in [3.8, 4) is 0 Å². The summed E-state index contributed by atoms with van der Waals surface area (Å²) in [6.45, 7) is 2.64. The number of amides is 1. The van der Waals surface area contributed by atoms with Crippen molar-refractivity contribution in [1.82, 2.24) is 5.32 Å². The SMILES string of the molecule is CC(CCNC(=O)CSCc1cccs1)CCC(=O)O. The Morgan fingerprint density at radius 2 is 2.25 bits per heavy atom. The van der Waals surface area contributed by atoms with Gasteiger partial charge in [-0.3, -0.25) is 9.59 Å². The van der Waals surface area contributed by atoms with E-state index < -0.39 is 5.97 Å². The highest BCUT2D eigenvalue weighted by Gasteiger charge is 2.07. The molecular formula is C14H21NO3S2. The molecule has 0 bridgehead atoms. The summed E-state index contributed by atoms with van der Waals surface area (Å²) in [7, 11) is 0. The van der Waals surface area contributed by atoms with E-state index >= 15 is 0 Å². The topological polar surface area (TPSA) is 66.4 Å². The summed E-state index contributed by atoms with van der Waals surface area (Å²) in [6, 6.07) is 4.08. The zero-order valence-electron chi connectivity index (χ0n) is 11.6.